The third-order valence-electron chi connectivity index (χ3n) is 4.65. The lowest BCUT2D eigenvalue weighted by molar-refractivity contribution is 0.0538. The van der Waals surface area contributed by atoms with E-state index in [1.807, 2.05) is 45.5 Å². The van der Waals surface area contributed by atoms with Gasteiger partial charge in [-0.1, -0.05) is 6.07 Å². The number of carbonyl (C=O) groups is 2. The molecule has 2 aliphatic rings. The summed E-state index contributed by atoms with van der Waals surface area (Å²) in [5, 5.41) is 5.22. The SMILES string of the molecule is Cl.O=C(c1ccc2c(c1)CCN2)N1CCN(C(=O)c2cccs2)CC1. The quantitative estimate of drug-likeness (QED) is 0.875. The Morgan fingerprint density at radius 3 is 2.40 bits per heavy atom. The summed E-state index contributed by atoms with van der Waals surface area (Å²) >= 11 is 1.46. The Hall–Kier alpha value is -2.05. The first-order valence-corrected chi connectivity index (χ1v) is 9.09. The molecule has 0 aliphatic carbocycles. The molecule has 1 saturated heterocycles. The summed E-state index contributed by atoms with van der Waals surface area (Å²) in [4.78, 5) is 29.5. The highest BCUT2D eigenvalue weighted by atomic mass is 35.5. The second-order valence-electron chi connectivity index (χ2n) is 6.11. The highest BCUT2D eigenvalue weighted by Gasteiger charge is 2.26. The van der Waals surface area contributed by atoms with Crippen LogP contribution in [0.2, 0.25) is 0 Å². The first-order chi connectivity index (χ1) is 11.7. The molecule has 3 heterocycles. The highest BCUT2D eigenvalue weighted by molar-refractivity contribution is 7.12. The van der Waals surface area contributed by atoms with Crippen LogP contribution >= 0.6 is 23.7 Å². The fraction of sp³-hybridized carbons (Fsp3) is 0.333. The van der Waals surface area contributed by atoms with E-state index in [1.165, 1.54) is 16.9 Å². The number of anilines is 1. The van der Waals surface area contributed by atoms with E-state index in [0.29, 0.717) is 26.2 Å². The summed E-state index contributed by atoms with van der Waals surface area (Å²) in [6.45, 7) is 3.30. The molecule has 1 aromatic carbocycles. The lowest BCUT2D eigenvalue weighted by Gasteiger charge is -2.34. The predicted molar refractivity (Wildman–Crippen MR) is 102 cm³/mol. The molecule has 2 amide bonds. The number of amides is 2. The van der Waals surface area contributed by atoms with E-state index in [1.54, 1.807) is 0 Å². The van der Waals surface area contributed by atoms with Crippen molar-refractivity contribution in [3.8, 4) is 0 Å². The van der Waals surface area contributed by atoms with Crippen LogP contribution in [-0.2, 0) is 6.42 Å². The number of rotatable bonds is 2. The number of thiophene rings is 1. The molecule has 7 heteroatoms. The minimum Gasteiger partial charge on any atom is -0.384 e. The minimum atomic E-state index is 0. The molecule has 0 bridgehead atoms. The third kappa shape index (κ3) is 3.50. The fourth-order valence-corrected chi connectivity index (χ4v) is 3.98. The molecule has 0 spiro atoms. The molecule has 1 aromatic heterocycles. The highest BCUT2D eigenvalue weighted by Crippen LogP contribution is 2.24. The number of hydrogen-bond donors (Lipinski definition) is 1. The minimum absolute atomic E-state index is 0. The molecule has 5 nitrogen and oxygen atoms in total. The number of benzene rings is 1. The van der Waals surface area contributed by atoms with E-state index in [0.717, 1.165) is 29.1 Å². The van der Waals surface area contributed by atoms with Gasteiger partial charge in [0, 0.05) is 44.0 Å². The largest absolute Gasteiger partial charge is 0.384 e. The second-order valence-corrected chi connectivity index (χ2v) is 7.06. The van der Waals surface area contributed by atoms with Gasteiger partial charge in [0.15, 0.2) is 0 Å². The van der Waals surface area contributed by atoms with Crippen molar-refractivity contribution in [2.75, 3.05) is 38.0 Å². The van der Waals surface area contributed by atoms with E-state index >= 15 is 0 Å². The van der Waals surface area contributed by atoms with Crippen molar-refractivity contribution in [3.63, 3.8) is 0 Å². The Morgan fingerprint density at radius 1 is 1.00 bits per heavy atom. The summed E-state index contributed by atoms with van der Waals surface area (Å²) in [5.41, 5.74) is 3.10. The molecule has 132 valence electrons. The van der Waals surface area contributed by atoms with Gasteiger partial charge in [0.1, 0.15) is 0 Å². The van der Waals surface area contributed by atoms with Gasteiger partial charge in [-0.2, -0.15) is 0 Å². The maximum atomic E-state index is 12.7. The monoisotopic (exact) mass is 377 g/mol. The Kier molecular flexibility index (Phi) is 5.30. The van der Waals surface area contributed by atoms with E-state index in [9.17, 15) is 9.59 Å². The zero-order valence-electron chi connectivity index (χ0n) is 13.7. The smallest absolute Gasteiger partial charge is 0.264 e. The molecule has 4 rings (SSSR count). The summed E-state index contributed by atoms with van der Waals surface area (Å²) in [6, 6.07) is 9.62. The van der Waals surface area contributed by atoms with Gasteiger partial charge < -0.3 is 15.1 Å². The summed E-state index contributed by atoms with van der Waals surface area (Å²) < 4.78 is 0. The standard InChI is InChI=1S/C18H19N3O2S.ClH/c22-17(14-3-4-15-13(12-14)5-6-19-15)20-7-9-21(10-8-20)18(23)16-2-1-11-24-16;/h1-4,11-12,19H,5-10H2;1H. The second kappa shape index (κ2) is 7.45. The zero-order chi connectivity index (χ0) is 16.5. The van der Waals surface area contributed by atoms with Crippen molar-refractivity contribution >= 4 is 41.2 Å². The lowest BCUT2D eigenvalue weighted by atomic mass is 10.1. The van der Waals surface area contributed by atoms with Gasteiger partial charge in [0.25, 0.3) is 11.8 Å². The maximum Gasteiger partial charge on any atom is 0.264 e. The van der Waals surface area contributed by atoms with Crippen LogP contribution < -0.4 is 5.32 Å². The van der Waals surface area contributed by atoms with Gasteiger partial charge in [-0.3, -0.25) is 9.59 Å². The van der Waals surface area contributed by atoms with E-state index < -0.39 is 0 Å². The predicted octanol–water partition coefficient (Wildman–Crippen LogP) is 2.74. The summed E-state index contributed by atoms with van der Waals surface area (Å²) in [7, 11) is 0. The van der Waals surface area contributed by atoms with Gasteiger partial charge in [0.05, 0.1) is 4.88 Å². The average Bonchev–Trinajstić information content (AvgIpc) is 3.31. The van der Waals surface area contributed by atoms with Gasteiger partial charge in [-0.05, 0) is 41.6 Å². The Balaban J connectivity index is 0.00000182. The van der Waals surface area contributed by atoms with Crippen molar-refractivity contribution in [1.82, 2.24) is 9.80 Å². The van der Waals surface area contributed by atoms with Crippen molar-refractivity contribution in [3.05, 3.63) is 51.7 Å². The Labute approximate surface area is 157 Å². The molecule has 2 aliphatic heterocycles. The fourth-order valence-electron chi connectivity index (χ4n) is 3.29. The van der Waals surface area contributed by atoms with Gasteiger partial charge >= 0.3 is 0 Å². The molecule has 2 aromatic rings. The number of hydrogen-bond acceptors (Lipinski definition) is 4. The van der Waals surface area contributed by atoms with Gasteiger partial charge in [0.2, 0.25) is 0 Å². The number of carbonyl (C=O) groups excluding carboxylic acids is 2. The molecular weight excluding hydrogens is 358 g/mol. The summed E-state index contributed by atoms with van der Waals surface area (Å²) in [6.07, 6.45) is 0.972. The number of nitrogens with zero attached hydrogens (tertiary/aromatic N) is 2. The van der Waals surface area contributed by atoms with Crippen molar-refractivity contribution in [2.45, 2.75) is 6.42 Å². The molecular formula is C18H20ClN3O2S. The molecule has 1 N–H and O–H groups in total. The first-order valence-electron chi connectivity index (χ1n) is 8.21. The molecule has 0 saturated carbocycles. The third-order valence-corrected chi connectivity index (χ3v) is 5.51. The van der Waals surface area contributed by atoms with Crippen molar-refractivity contribution in [2.24, 2.45) is 0 Å². The van der Waals surface area contributed by atoms with Gasteiger partial charge in [-0.25, -0.2) is 0 Å². The molecule has 0 unspecified atom stereocenters. The number of fused-ring (bicyclic) bond motifs is 1. The molecule has 0 radical (unpaired) electrons. The van der Waals surface area contributed by atoms with Crippen LogP contribution in [0.15, 0.2) is 35.7 Å². The Bertz CT molecular complexity index is 771. The lowest BCUT2D eigenvalue weighted by Crippen LogP contribution is -2.50. The Morgan fingerprint density at radius 2 is 1.72 bits per heavy atom. The maximum absolute atomic E-state index is 12.7. The zero-order valence-corrected chi connectivity index (χ0v) is 15.4. The molecule has 25 heavy (non-hydrogen) atoms. The number of piperazine rings is 1. The van der Waals surface area contributed by atoms with Gasteiger partial charge in [-0.15, -0.1) is 23.7 Å². The first kappa shape index (κ1) is 17.8. The van der Waals surface area contributed by atoms with Crippen LogP contribution in [0.5, 0.6) is 0 Å². The van der Waals surface area contributed by atoms with Crippen LogP contribution in [0, 0.1) is 0 Å². The van der Waals surface area contributed by atoms with E-state index in [2.05, 4.69) is 5.32 Å². The van der Waals surface area contributed by atoms with Crippen LogP contribution in [-0.4, -0.2) is 54.3 Å². The van der Waals surface area contributed by atoms with Crippen LogP contribution in [0.4, 0.5) is 5.69 Å². The van der Waals surface area contributed by atoms with Crippen LogP contribution in [0.1, 0.15) is 25.6 Å². The molecule has 1 fully saturated rings. The number of nitrogens with one attached hydrogen (secondary N) is 1. The summed E-state index contributed by atoms with van der Waals surface area (Å²) in [5.74, 6) is 0.133. The molecule has 0 atom stereocenters. The number of halogens is 1. The van der Waals surface area contributed by atoms with E-state index in [4.69, 9.17) is 0 Å². The van der Waals surface area contributed by atoms with Crippen molar-refractivity contribution < 1.29 is 9.59 Å². The van der Waals surface area contributed by atoms with E-state index in [-0.39, 0.29) is 24.2 Å². The van der Waals surface area contributed by atoms with Crippen LogP contribution in [0.25, 0.3) is 0 Å². The van der Waals surface area contributed by atoms with Crippen molar-refractivity contribution in [1.29, 1.82) is 0 Å². The normalized spacial score (nSPS) is 16.0. The average molecular weight is 378 g/mol. The topological polar surface area (TPSA) is 52.7 Å². The van der Waals surface area contributed by atoms with Crippen LogP contribution in [0.3, 0.4) is 0 Å².